The number of nitrogens with zero attached hydrogens (tertiary/aromatic N) is 4. The molecule has 1 atom stereocenters. The molecule has 0 saturated carbocycles. The Morgan fingerprint density at radius 1 is 1.32 bits per heavy atom. The molecule has 2 heterocycles. The lowest BCUT2D eigenvalue weighted by Crippen LogP contribution is -2.24. The molecule has 0 unspecified atom stereocenters. The normalized spacial score (nSPS) is 17.2. The molecule has 5 nitrogen and oxygen atoms in total. The number of rotatable bonds is 5. The van der Waals surface area contributed by atoms with Gasteiger partial charge in [0.2, 0.25) is 0 Å². The lowest BCUT2D eigenvalue weighted by Gasteiger charge is -2.18. The first-order chi connectivity index (χ1) is 12.2. The van der Waals surface area contributed by atoms with Crippen LogP contribution in [-0.2, 0) is 4.74 Å². The molecule has 128 valence electrons. The van der Waals surface area contributed by atoms with E-state index in [0.29, 0.717) is 11.4 Å². The summed E-state index contributed by atoms with van der Waals surface area (Å²) in [7, 11) is 0. The highest BCUT2D eigenvalue weighted by atomic mass is 16.5. The first-order valence-corrected chi connectivity index (χ1v) is 8.58. The van der Waals surface area contributed by atoms with E-state index >= 15 is 0 Å². The van der Waals surface area contributed by atoms with Gasteiger partial charge in [-0.2, -0.15) is 5.26 Å². The summed E-state index contributed by atoms with van der Waals surface area (Å²) in [5.41, 5.74) is 2.55. The van der Waals surface area contributed by atoms with E-state index in [2.05, 4.69) is 20.9 Å². The Kier molecular flexibility index (Phi) is 5.42. The van der Waals surface area contributed by atoms with Crippen molar-refractivity contribution < 1.29 is 4.74 Å². The van der Waals surface area contributed by atoms with Crippen molar-refractivity contribution in [1.82, 2.24) is 9.97 Å². The number of nitriles is 1. The van der Waals surface area contributed by atoms with Gasteiger partial charge in [-0.15, -0.1) is 0 Å². The van der Waals surface area contributed by atoms with Crippen molar-refractivity contribution >= 4 is 18.0 Å². The minimum absolute atomic E-state index is 0.285. The van der Waals surface area contributed by atoms with Crippen LogP contribution in [0.3, 0.4) is 0 Å². The third kappa shape index (κ3) is 4.43. The lowest BCUT2D eigenvalue weighted by molar-refractivity contribution is 0.0787. The Morgan fingerprint density at radius 2 is 2.20 bits per heavy atom. The molecule has 0 aliphatic carbocycles. The number of benzene rings is 1. The van der Waals surface area contributed by atoms with E-state index < -0.39 is 0 Å². The van der Waals surface area contributed by atoms with Crippen LogP contribution in [0, 0.1) is 18.3 Å². The lowest BCUT2D eigenvalue weighted by atomic mass is 10.1. The summed E-state index contributed by atoms with van der Waals surface area (Å²) in [5, 5.41) is 8.99. The van der Waals surface area contributed by atoms with E-state index in [0.717, 1.165) is 43.2 Å². The summed E-state index contributed by atoms with van der Waals surface area (Å²) in [6, 6.07) is 11.6. The summed E-state index contributed by atoms with van der Waals surface area (Å²) in [4.78, 5) is 11.4. The molecule has 2 aromatic rings. The van der Waals surface area contributed by atoms with E-state index in [1.165, 1.54) is 0 Å². The Morgan fingerprint density at radius 3 is 3.00 bits per heavy atom. The fraction of sp³-hybridized carbons (Fsp3) is 0.350. The third-order valence-electron chi connectivity index (χ3n) is 4.17. The molecule has 5 heteroatoms. The van der Waals surface area contributed by atoms with Gasteiger partial charge in [0.05, 0.1) is 17.7 Å². The van der Waals surface area contributed by atoms with Crippen LogP contribution in [0.2, 0.25) is 0 Å². The number of hydrogen-bond donors (Lipinski definition) is 0. The van der Waals surface area contributed by atoms with Crippen LogP contribution in [0.1, 0.15) is 36.0 Å². The molecule has 0 N–H and O–H groups in total. The van der Waals surface area contributed by atoms with Crippen molar-refractivity contribution in [2.75, 3.05) is 24.6 Å². The highest BCUT2D eigenvalue weighted by Gasteiger charge is 2.24. The maximum absolute atomic E-state index is 8.99. The zero-order valence-electron chi connectivity index (χ0n) is 14.6. The van der Waals surface area contributed by atoms with Gasteiger partial charge in [-0.25, -0.2) is 9.97 Å². The third-order valence-corrected chi connectivity index (χ3v) is 4.17. The van der Waals surface area contributed by atoms with E-state index in [4.69, 9.17) is 10.00 Å². The standard InChI is InChI=1S/C20H22N4O/c1-3-25-18-9-10-24(14-18)20-11-15(2)22-19(23-20)8-7-16-5-4-6-17(12-16)13-21/h4-8,11-12,18H,3,9-10,14H2,1-2H3/b8-7+/t18-/m0/s1. The van der Waals surface area contributed by atoms with E-state index in [9.17, 15) is 0 Å². The maximum atomic E-state index is 8.99. The fourth-order valence-corrected chi connectivity index (χ4v) is 3.00. The van der Waals surface area contributed by atoms with Gasteiger partial charge in [-0.3, -0.25) is 0 Å². The van der Waals surface area contributed by atoms with Gasteiger partial charge >= 0.3 is 0 Å². The molecular formula is C20H22N4O. The minimum atomic E-state index is 0.285. The summed E-state index contributed by atoms with van der Waals surface area (Å²) in [6.07, 6.45) is 5.14. The molecule has 1 aromatic heterocycles. The highest BCUT2D eigenvalue weighted by Crippen LogP contribution is 2.21. The molecule has 1 fully saturated rings. The second kappa shape index (κ2) is 7.91. The van der Waals surface area contributed by atoms with Crippen LogP contribution in [-0.4, -0.2) is 35.8 Å². The molecule has 1 aromatic carbocycles. The Hall–Kier alpha value is -2.71. The largest absolute Gasteiger partial charge is 0.377 e. The molecule has 0 amide bonds. The van der Waals surface area contributed by atoms with E-state index in [1.807, 2.05) is 50.3 Å². The summed E-state index contributed by atoms with van der Waals surface area (Å²) >= 11 is 0. The number of ether oxygens (including phenoxy) is 1. The average Bonchev–Trinajstić information content (AvgIpc) is 3.09. The quantitative estimate of drug-likeness (QED) is 0.838. The van der Waals surface area contributed by atoms with Crippen LogP contribution >= 0.6 is 0 Å². The topological polar surface area (TPSA) is 62.0 Å². The minimum Gasteiger partial charge on any atom is -0.377 e. The van der Waals surface area contributed by atoms with Crippen molar-refractivity contribution in [3.8, 4) is 6.07 Å². The first-order valence-electron chi connectivity index (χ1n) is 8.58. The number of anilines is 1. The number of aromatic nitrogens is 2. The zero-order valence-corrected chi connectivity index (χ0v) is 14.6. The van der Waals surface area contributed by atoms with Crippen LogP contribution in [0.4, 0.5) is 5.82 Å². The molecule has 1 aliphatic rings. The summed E-state index contributed by atoms with van der Waals surface area (Å²) in [5.74, 6) is 1.62. The van der Waals surface area contributed by atoms with Gasteiger partial charge in [-0.1, -0.05) is 18.2 Å². The first kappa shape index (κ1) is 17.1. The highest BCUT2D eigenvalue weighted by molar-refractivity contribution is 5.68. The monoisotopic (exact) mass is 334 g/mol. The second-order valence-corrected chi connectivity index (χ2v) is 6.11. The van der Waals surface area contributed by atoms with Gasteiger partial charge in [-0.05, 0) is 44.0 Å². The number of aryl methyl sites for hydroxylation is 1. The fourth-order valence-electron chi connectivity index (χ4n) is 3.00. The van der Waals surface area contributed by atoms with Crippen molar-refractivity contribution in [3.63, 3.8) is 0 Å². The summed E-state index contributed by atoms with van der Waals surface area (Å²) < 4.78 is 5.72. The van der Waals surface area contributed by atoms with E-state index in [-0.39, 0.29) is 6.10 Å². The second-order valence-electron chi connectivity index (χ2n) is 6.11. The number of hydrogen-bond acceptors (Lipinski definition) is 5. The maximum Gasteiger partial charge on any atom is 0.154 e. The smallest absolute Gasteiger partial charge is 0.154 e. The Labute approximate surface area is 148 Å². The van der Waals surface area contributed by atoms with Crippen molar-refractivity contribution in [3.05, 3.63) is 53.0 Å². The Bertz CT molecular complexity index is 810. The molecule has 0 radical (unpaired) electrons. The Balaban J connectivity index is 1.78. The van der Waals surface area contributed by atoms with Gasteiger partial charge in [0.25, 0.3) is 0 Å². The van der Waals surface area contributed by atoms with Crippen molar-refractivity contribution in [2.24, 2.45) is 0 Å². The van der Waals surface area contributed by atoms with Crippen LogP contribution in [0.5, 0.6) is 0 Å². The van der Waals surface area contributed by atoms with Crippen molar-refractivity contribution in [2.45, 2.75) is 26.4 Å². The van der Waals surface area contributed by atoms with Crippen LogP contribution < -0.4 is 4.90 Å². The van der Waals surface area contributed by atoms with Gasteiger partial charge < -0.3 is 9.64 Å². The van der Waals surface area contributed by atoms with Gasteiger partial charge in [0, 0.05) is 31.5 Å². The molecule has 0 spiro atoms. The zero-order chi connectivity index (χ0) is 17.6. The van der Waals surface area contributed by atoms with Gasteiger partial charge in [0.15, 0.2) is 5.82 Å². The molecule has 0 bridgehead atoms. The summed E-state index contributed by atoms with van der Waals surface area (Å²) in [6.45, 7) is 6.58. The molecule has 1 aliphatic heterocycles. The predicted octanol–water partition coefficient (Wildman–Crippen LogP) is 3.44. The van der Waals surface area contributed by atoms with Crippen LogP contribution in [0.15, 0.2) is 30.3 Å². The van der Waals surface area contributed by atoms with Crippen molar-refractivity contribution in [1.29, 1.82) is 5.26 Å². The molecule has 3 rings (SSSR count). The average molecular weight is 334 g/mol. The molecule has 25 heavy (non-hydrogen) atoms. The van der Waals surface area contributed by atoms with Gasteiger partial charge in [0.1, 0.15) is 5.82 Å². The molecule has 1 saturated heterocycles. The molecular weight excluding hydrogens is 312 g/mol. The SMILES string of the molecule is CCO[C@H]1CCN(c2cc(C)nc(/C=C/c3cccc(C#N)c3)n2)C1. The van der Waals surface area contributed by atoms with Crippen LogP contribution in [0.25, 0.3) is 12.2 Å². The van der Waals surface area contributed by atoms with E-state index in [1.54, 1.807) is 6.07 Å². The predicted molar refractivity (Wildman–Crippen MR) is 99.1 cm³/mol.